The average Bonchev–Trinajstić information content (AvgIpc) is 2.20. The summed E-state index contributed by atoms with van der Waals surface area (Å²) in [5.74, 6) is 0. The highest BCUT2D eigenvalue weighted by Crippen LogP contribution is 2.13. The lowest BCUT2D eigenvalue weighted by Gasteiger charge is -2.28. The van der Waals surface area contributed by atoms with Gasteiger partial charge < -0.3 is 9.64 Å². The minimum Gasteiger partial charge on any atom is -0.378 e. The molecule has 1 heterocycles. The van der Waals surface area contributed by atoms with Crippen molar-refractivity contribution in [2.24, 2.45) is 0 Å². The molecule has 13 heavy (non-hydrogen) atoms. The van der Waals surface area contributed by atoms with Crippen molar-refractivity contribution in [3.63, 3.8) is 0 Å². The van der Waals surface area contributed by atoms with Gasteiger partial charge in [0.15, 0.2) is 0 Å². The van der Waals surface area contributed by atoms with Crippen LogP contribution in [0.15, 0.2) is 24.3 Å². The highest BCUT2D eigenvalue weighted by molar-refractivity contribution is 6.32. The van der Waals surface area contributed by atoms with E-state index in [1.54, 1.807) is 0 Å². The average molecular weight is 175 g/mol. The van der Waals surface area contributed by atoms with Crippen molar-refractivity contribution in [2.45, 2.75) is 0 Å². The van der Waals surface area contributed by atoms with Crippen molar-refractivity contribution in [3.8, 4) is 0 Å². The summed E-state index contributed by atoms with van der Waals surface area (Å²) in [7, 11) is 2.11. The van der Waals surface area contributed by atoms with Gasteiger partial charge in [0.05, 0.1) is 13.2 Å². The van der Waals surface area contributed by atoms with E-state index in [4.69, 9.17) is 4.74 Å². The zero-order valence-electron chi connectivity index (χ0n) is 7.99. The summed E-state index contributed by atoms with van der Waals surface area (Å²) in [6.45, 7) is 3.74. The van der Waals surface area contributed by atoms with Crippen LogP contribution in [0.1, 0.15) is 0 Å². The molecule has 0 atom stereocenters. The van der Waals surface area contributed by atoms with E-state index in [1.165, 1.54) is 11.2 Å². The maximum absolute atomic E-state index is 5.30. The molecule has 0 N–H and O–H groups in total. The quantitative estimate of drug-likeness (QED) is 0.547. The summed E-state index contributed by atoms with van der Waals surface area (Å²) in [5, 5.41) is 0. The molecule has 0 saturated carbocycles. The second-order valence-electron chi connectivity index (χ2n) is 3.43. The van der Waals surface area contributed by atoms with Crippen molar-refractivity contribution < 1.29 is 4.74 Å². The van der Waals surface area contributed by atoms with Gasteiger partial charge in [0.2, 0.25) is 0 Å². The van der Waals surface area contributed by atoms with Crippen molar-refractivity contribution in [1.29, 1.82) is 0 Å². The fourth-order valence-corrected chi connectivity index (χ4v) is 1.58. The van der Waals surface area contributed by atoms with Crippen LogP contribution in [0.25, 0.3) is 0 Å². The van der Waals surface area contributed by atoms with Crippen LogP contribution < -0.4 is 10.4 Å². The Morgan fingerprint density at radius 3 is 2.31 bits per heavy atom. The van der Waals surface area contributed by atoms with E-state index in [2.05, 4.69) is 37.0 Å². The molecular formula is C10H14BNO. The van der Waals surface area contributed by atoms with Crippen LogP contribution in [0.4, 0.5) is 5.69 Å². The van der Waals surface area contributed by atoms with E-state index in [-0.39, 0.29) is 0 Å². The highest BCUT2D eigenvalue weighted by Gasteiger charge is 2.09. The van der Waals surface area contributed by atoms with Gasteiger partial charge in [0, 0.05) is 18.8 Å². The Labute approximate surface area is 79.9 Å². The first-order valence-corrected chi connectivity index (χ1v) is 4.75. The number of hydrogen-bond donors (Lipinski definition) is 0. The van der Waals surface area contributed by atoms with E-state index >= 15 is 0 Å². The summed E-state index contributed by atoms with van der Waals surface area (Å²) in [5.41, 5.74) is 2.63. The molecule has 2 nitrogen and oxygen atoms in total. The highest BCUT2D eigenvalue weighted by atomic mass is 16.5. The van der Waals surface area contributed by atoms with E-state index in [0.29, 0.717) is 0 Å². The van der Waals surface area contributed by atoms with Gasteiger partial charge in [-0.25, -0.2) is 0 Å². The third kappa shape index (κ3) is 2.04. The smallest absolute Gasteiger partial charge is 0.139 e. The van der Waals surface area contributed by atoms with E-state index in [1.807, 2.05) is 0 Å². The number of rotatable bonds is 1. The standard InChI is InChI=1S/C10H14BNO/c11-9-1-3-10(4-2-9)12-5-7-13-8-6-12/h1-4H,5-8,11H2. The molecule has 2 rings (SSSR count). The molecule has 1 saturated heterocycles. The monoisotopic (exact) mass is 175 g/mol. The minimum absolute atomic E-state index is 0.855. The van der Waals surface area contributed by atoms with Crippen LogP contribution in [0.5, 0.6) is 0 Å². The topological polar surface area (TPSA) is 12.5 Å². The Balaban J connectivity index is 2.10. The largest absolute Gasteiger partial charge is 0.378 e. The molecule has 3 heteroatoms. The number of benzene rings is 1. The first-order chi connectivity index (χ1) is 6.36. The minimum atomic E-state index is 0.855. The lowest BCUT2D eigenvalue weighted by atomic mass is 9.96. The van der Waals surface area contributed by atoms with Crippen molar-refractivity contribution in [3.05, 3.63) is 24.3 Å². The third-order valence-corrected chi connectivity index (χ3v) is 2.41. The summed E-state index contributed by atoms with van der Waals surface area (Å²) in [4.78, 5) is 2.36. The molecule has 0 radical (unpaired) electrons. The number of hydrogen-bond acceptors (Lipinski definition) is 2. The molecule has 0 unspecified atom stereocenters. The van der Waals surface area contributed by atoms with Crippen LogP contribution >= 0.6 is 0 Å². The van der Waals surface area contributed by atoms with Crippen molar-refractivity contribution >= 4 is 19.0 Å². The molecule has 0 aromatic heterocycles. The van der Waals surface area contributed by atoms with Gasteiger partial charge in [-0.1, -0.05) is 17.6 Å². The van der Waals surface area contributed by atoms with Crippen LogP contribution in [0.3, 0.4) is 0 Å². The second kappa shape index (κ2) is 3.84. The molecule has 1 aromatic carbocycles. The maximum Gasteiger partial charge on any atom is 0.139 e. The summed E-state index contributed by atoms with van der Waals surface area (Å²) < 4.78 is 5.30. The Morgan fingerprint density at radius 1 is 1.08 bits per heavy atom. The zero-order chi connectivity index (χ0) is 9.10. The Bertz CT molecular complexity index is 267. The predicted octanol–water partition coefficient (Wildman–Crippen LogP) is -0.218. The maximum atomic E-state index is 5.30. The number of ether oxygens (including phenoxy) is 1. The summed E-state index contributed by atoms with van der Waals surface area (Å²) >= 11 is 0. The lowest BCUT2D eigenvalue weighted by Crippen LogP contribution is -2.36. The zero-order valence-corrected chi connectivity index (χ0v) is 7.99. The molecule has 68 valence electrons. The van der Waals surface area contributed by atoms with Gasteiger partial charge in [-0.3, -0.25) is 0 Å². The van der Waals surface area contributed by atoms with Gasteiger partial charge in [-0.05, 0) is 12.1 Å². The second-order valence-corrected chi connectivity index (χ2v) is 3.43. The van der Waals surface area contributed by atoms with Crippen molar-refractivity contribution in [2.75, 3.05) is 31.2 Å². The van der Waals surface area contributed by atoms with Gasteiger partial charge >= 0.3 is 0 Å². The lowest BCUT2D eigenvalue weighted by molar-refractivity contribution is 0.122. The van der Waals surface area contributed by atoms with E-state index in [9.17, 15) is 0 Å². The van der Waals surface area contributed by atoms with Gasteiger partial charge in [-0.2, -0.15) is 0 Å². The molecule has 1 aliphatic rings. The van der Waals surface area contributed by atoms with Gasteiger partial charge in [0.1, 0.15) is 7.85 Å². The Kier molecular flexibility index (Phi) is 2.55. The van der Waals surface area contributed by atoms with Crippen LogP contribution in [-0.2, 0) is 4.74 Å². The normalized spacial score (nSPS) is 17.4. The van der Waals surface area contributed by atoms with Crippen molar-refractivity contribution in [1.82, 2.24) is 0 Å². The predicted molar refractivity (Wildman–Crippen MR) is 57.7 cm³/mol. The molecule has 1 aromatic rings. The molecule has 0 aliphatic carbocycles. The Hall–Kier alpha value is -0.955. The number of morpholine rings is 1. The van der Waals surface area contributed by atoms with E-state index in [0.717, 1.165) is 26.3 Å². The molecule has 1 aliphatic heterocycles. The number of nitrogens with zero attached hydrogens (tertiary/aromatic N) is 1. The molecule has 0 spiro atoms. The van der Waals surface area contributed by atoms with Crippen LogP contribution in [0.2, 0.25) is 0 Å². The van der Waals surface area contributed by atoms with Gasteiger partial charge in [0.25, 0.3) is 0 Å². The van der Waals surface area contributed by atoms with Gasteiger partial charge in [-0.15, -0.1) is 0 Å². The first-order valence-electron chi connectivity index (χ1n) is 4.75. The fourth-order valence-electron chi connectivity index (χ4n) is 1.58. The van der Waals surface area contributed by atoms with Crippen LogP contribution in [0, 0.1) is 0 Å². The summed E-state index contributed by atoms with van der Waals surface area (Å²) in [6, 6.07) is 8.68. The third-order valence-electron chi connectivity index (χ3n) is 2.41. The SMILES string of the molecule is Bc1ccc(N2CCOCC2)cc1. The van der Waals surface area contributed by atoms with Crippen LogP contribution in [-0.4, -0.2) is 34.1 Å². The molecule has 1 fully saturated rings. The number of anilines is 1. The fraction of sp³-hybridized carbons (Fsp3) is 0.400. The first kappa shape index (κ1) is 8.63. The molecular weight excluding hydrogens is 161 g/mol. The summed E-state index contributed by atoms with van der Waals surface area (Å²) in [6.07, 6.45) is 0. The molecule has 0 amide bonds. The van der Waals surface area contributed by atoms with E-state index < -0.39 is 0 Å². The Morgan fingerprint density at radius 2 is 1.69 bits per heavy atom. The molecule has 0 bridgehead atoms.